The van der Waals surface area contributed by atoms with Crippen LogP contribution in [0, 0.1) is 0 Å². The van der Waals surface area contributed by atoms with Crippen LogP contribution in [0.15, 0.2) is 52.3 Å². The molecule has 2 aromatic rings. The zero-order chi connectivity index (χ0) is 26.9. The Morgan fingerprint density at radius 3 is 2.38 bits per heavy atom. The van der Waals surface area contributed by atoms with Gasteiger partial charge in [0, 0.05) is 22.9 Å². The third-order valence-electron chi connectivity index (χ3n) is 6.65. The number of benzene rings is 2. The average molecular weight is 567 g/mol. The molecule has 9 heteroatoms. The van der Waals surface area contributed by atoms with E-state index in [0.29, 0.717) is 23.8 Å². The number of rotatable bonds is 13. The van der Waals surface area contributed by atoms with Crippen molar-refractivity contribution in [3.8, 4) is 0 Å². The first kappa shape index (κ1) is 30.2. The average Bonchev–Trinajstić information content (AvgIpc) is 2.98. The number of thioether (sulfide) groups is 2. The number of nitrogens with zero attached hydrogens (tertiary/aromatic N) is 1. The lowest BCUT2D eigenvalue weighted by Gasteiger charge is -2.43. The van der Waals surface area contributed by atoms with Gasteiger partial charge < -0.3 is 9.64 Å². The molecule has 3 rings (SSSR count). The van der Waals surface area contributed by atoms with Gasteiger partial charge in [-0.1, -0.05) is 57.7 Å². The minimum Gasteiger partial charge on any atom is -0.465 e. The number of ether oxygens (including phenoxy) is 1. The van der Waals surface area contributed by atoms with Crippen molar-refractivity contribution in [3.63, 3.8) is 0 Å². The number of carbonyl (C=O) groups is 1. The molecule has 0 saturated heterocycles. The van der Waals surface area contributed by atoms with Crippen molar-refractivity contribution in [1.29, 1.82) is 0 Å². The standard InChI is InChI=1S/C28H42N2O4S3/c1-5-8-15-28(16-9-6-2)21-30(23-13-11-10-12-14-23)24-18-25(35-4)22(17-26(24)37(32,33)29-28)19-36-20-27(31)34-7-3/h10-14,17-18,29,32-33H,5-9,15-16,19-21H2,1-4H3. The molecule has 0 fully saturated rings. The van der Waals surface area contributed by atoms with E-state index in [1.54, 1.807) is 18.7 Å². The lowest BCUT2D eigenvalue weighted by molar-refractivity contribution is -0.139. The van der Waals surface area contributed by atoms with Crippen LogP contribution in [-0.2, 0) is 15.3 Å². The molecule has 1 aliphatic heterocycles. The van der Waals surface area contributed by atoms with Crippen LogP contribution in [0.2, 0.25) is 0 Å². The number of hydrogen-bond acceptors (Lipinski definition) is 8. The second-order valence-corrected chi connectivity index (χ2v) is 13.1. The van der Waals surface area contributed by atoms with Crippen LogP contribution in [-0.4, -0.2) is 45.8 Å². The van der Waals surface area contributed by atoms with E-state index >= 15 is 0 Å². The fraction of sp³-hybridized carbons (Fsp3) is 0.536. The van der Waals surface area contributed by atoms with Gasteiger partial charge in [0.2, 0.25) is 0 Å². The summed E-state index contributed by atoms with van der Waals surface area (Å²) in [6, 6.07) is 14.3. The van der Waals surface area contributed by atoms with E-state index in [-0.39, 0.29) is 11.7 Å². The SMILES string of the molecule is CCCCC1(CCCC)CN(c2ccccc2)c2cc(SC)c(CSCC(=O)OCC)cc2S(O)(O)N1. The summed E-state index contributed by atoms with van der Waals surface area (Å²) in [5, 5.41) is 0. The predicted molar refractivity (Wildman–Crippen MR) is 160 cm³/mol. The summed E-state index contributed by atoms with van der Waals surface area (Å²) in [6.07, 6.45) is 7.89. The maximum atomic E-state index is 11.9. The van der Waals surface area contributed by atoms with E-state index in [1.807, 2.05) is 30.5 Å². The number of para-hydroxylation sites is 1. The highest BCUT2D eigenvalue weighted by Crippen LogP contribution is 2.56. The molecule has 2 aromatic carbocycles. The first-order valence-electron chi connectivity index (χ1n) is 13.1. The summed E-state index contributed by atoms with van der Waals surface area (Å²) >= 11 is 3.12. The smallest absolute Gasteiger partial charge is 0.315 e. The van der Waals surface area contributed by atoms with Gasteiger partial charge >= 0.3 is 5.97 Å². The van der Waals surface area contributed by atoms with E-state index in [1.165, 1.54) is 11.8 Å². The largest absolute Gasteiger partial charge is 0.465 e. The fourth-order valence-electron chi connectivity index (χ4n) is 4.81. The third kappa shape index (κ3) is 7.83. The molecule has 0 radical (unpaired) electrons. The van der Waals surface area contributed by atoms with Crippen LogP contribution in [0.4, 0.5) is 11.4 Å². The molecule has 37 heavy (non-hydrogen) atoms. The second kappa shape index (κ2) is 14.1. The van der Waals surface area contributed by atoms with Crippen molar-refractivity contribution in [2.45, 2.75) is 80.4 Å². The fourth-order valence-corrected chi connectivity index (χ4v) is 8.09. The van der Waals surface area contributed by atoms with Gasteiger partial charge in [-0.25, -0.2) is 4.72 Å². The Balaban J connectivity index is 2.10. The predicted octanol–water partition coefficient (Wildman–Crippen LogP) is 8.09. The zero-order valence-corrected chi connectivity index (χ0v) is 24.9. The van der Waals surface area contributed by atoms with E-state index in [0.717, 1.165) is 60.4 Å². The molecule has 0 spiro atoms. The summed E-state index contributed by atoms with van der Waals surface area (Å²) in [5.74, 6) is 0.617. The number of anilines is 2. The molecular weight excluding hydrogens is 525 g/mol. The van der Waals surface area contributed by atoms with Gasteiger partial charge in [-0.2, -0.15) is 0 Å². The van der Waals surface area contributed by atoms with Crippen LogP contribution in [0.25, 0.3) is 0 Å². The molecule has 1 heterocycles. The minimum atomic E-state index is -3.29. The molecular formula is C28H42N2O4S3. The van der Waals surface area contributed by atoms with Gasteiger partial charge in [0.25, 0.3) is 0 Å². The zero-order valence-electron chi connectivity index (χ0n) is 22.5. The Bertz CT molecular complexity index is 1010. The van der Waals surface area contributed by atoms with E-state index in [4.69, 9.17) is 4.74 Å². The normalized spacial score (nSPS) is 17.1. The minimum absolute atomic E-state index is 0.231. The van der Waals surface area contributed by atoms with Crippen molar-refractivity contribution >= 4 is 51.6 Å². The van der Waals surface area contributed by atoms with Crippen LogP contribution in [0.5, 0.6) is 0 Å². The summed E-state index contributed by atoms with van der Waals surface area (Å²) in [5.41, 5.74) is 2.43. The van der Waals surface area contributed by atoms with Crippen molar-refractivity contribution in [3.05, 3.63) is 48.0 Å². The van der Waals surface area contributed by atoms with Crippen molar-refractivity contribution in [1.82, 2.24) is 4.72 Å². The van der Waals surface area contributed by atoms with Gasteiger partial charge in [-0.3, -0.25) is 13.9 Å². The van der Waals surface area contributed by atoms with E-state index in [9.17, 15) is 13.9 Å². The number of hydrogen-bond donors (Lipinski definition) is 3. The van der Waals surface area contributed by atoms with Gasteiger partial charge in [-0.05, 0) is 55.9 Å². The lowest BCUT2D eigenvalue weighted by atomic mass is 9.87. The van der Waals surface area contributed by atoms with Gasteiger partial charge in [-0.15, -0.1) is 34.3 Å². The Morgan fingerprint density at radius 1 is 1.11 bits per heavy atom. The molecule has 6 nitrogen and oxygen atoms in total. The highest BCUT2D eigenvalue weighted by atomic mass is 32.3. The molecule has 0 unspecified atom stereocenters. The first-order chi connectivity index (χ1) is 17.8. The summed E-state index contributed by atoms with van der Waals surface area (Å²) in [4.78, 5) is 15.7. The van der Waals surface area contributed by atoms with Crippen LogP contribution in [0.1, 0.15) is 64.9 Å². The first-order valence-corrected chi connectivity index (χ1v) is 17.1. The molecule has 0 amide bonds. The van der Waals surface area contributed by atoms with Gasteiger partial charge in [0.05, 0.1) is 28.5 Å². The Morgan fingerprint density at radius 2 is 1.78 bits per heavy atom. The van der Waals surface area contributed by atoms with E-state index < -0.39 is 16.3 Å². The Labute approximate surface area is 232 Å². The Kier molecular flexibility index (Phi) is 11.5. The van der Waals surface area contributed by atoms with E-state index in [2.05, 4.69) is 41.7 Å². The maximum Gasteiger partial charge on any atom is 0.315 e. The third-order valence-corrected chi connectivity index (χ3v) is 10.1. The topological polar surface area (TPSA) is 82.0 Å². The monoisotopic (exact) mass is 566 g/mol. The van der Waals surface area contributed by atoms with Crippen molar-refractivity contribution in [2.24, 2.45) is 0 Å². The molecule has 0 aliphatic carbocycles. The summed E-state index contributed by atoms with van der Waals surface area (Å²) < 4.78 is 31.9. The van der Waals surface area contributed by atoms with Gasteiger partial charge in [0.1, 0.15) is 0 Å². The molecule has 3 N–H and O–H groups in total. The molecule has 0 bridgehead atoms. The number of unbranched alkanes of at least 4 members (excludes halogenated alkanes) is 2. The number of fused-ring (bicyclic) bond motifs is 1. The van der Waals surface area contributed by atoms with Gasteiger partial charge in [0.15, 0.2) is 0 Å². The number of nitrogens with one attached hydrogen (secondary N) is 1. The highest BCUT2D eigenvalue weighted by Gasteiger charge is 2.42. The molecule has 1 aliphatic rings. The summed E-state index contributed by atoms with van der Waals surface area (Å²) in [7, 11) is -3.29. The van der Waals surface area contributed by atoms with Crippen molar-refractivity contribution in [2.75, 3.05) is 30.1 Å². The maximum absolute atomic E-state index is 11.9. The van der Waals surface area contributed by atoms with Crippen LogP contribution >= 0.6 is 34.3 Å². The lowest BCUT2D eigenvalue weighted by Crippen LogP contribution is -2.51. The quantitative estimate of drug-likeness (QED) is 0.166. The highest BCUT2D eigenvalue weighted by molar-refractivity contribution is 8.22. The molecule has 206 valence electrons. The summed E-state index contributed by atoms with van der Waals surface area (Å²) in [6.45, 7) is 7.19. The van der Waals surface area contributed by atoms with Crippen LogP contribution < -0.4 is 9.62 Å². The Hall–Kier alpha value is -1.36. The second-order valence-electron chi connectivity index (χ2n) is 9.49. The number of carbonyl (C=O) groups excluding carboxylic acids is 1. The molecule has 0 atom stereocenters. The van der Waals surface area contributed by atoms with Crippen molar-refractivity contribution < 1.29 is 18.6 Å². The molecule has 0 saturated carbocycles. The van der Waals surface area contributed by atoms with Crippen LogP contribution in [0.3, 0.4) is 0 Å². The molecule has 0 aromatic heterocycles. The number of esters is 1.